The van der Waals surface area contributed by atoms with Crippen molar-refractivity contribution in [1.82, 2.24) is 9.97 Å². The second-order valence-electron chi connectivity index (χ2n) is 4.03. The lowest BCUT2D eigenvalue weighted by Gasteiger charge is -2.06. The summed E-state index contributed by atoms with van der Waals surface area (Å²) in [6.45, 7) is 1.83. The van der Waals surface area contributed by atoms with Crippen LogP contribution in [-0.2, 0) is 0 Å². The van der Waals surface area contributed by atoms with E-state index in [1.54, 1.807) is 12.3 Å². The van der Waals surface area contributed by atoms with Crippen LogP contribution in [0.4, 0.5) is 17.2 Å². The molecular weight excluding hydrogens is 264 g/mol. The van der Waals surface area contributed by atoms with Gasteiger partial charge in [0.1, 0.15) is 0 Å². The number of nitro groups is 1. The molecule has 8 nitrogen and oxygen atoms in total. The van der Waals surface area contributed by atoms with Gasteiger partial charge in [-0.25, -0.2) is 9.78 Å². The fourth-order valence-corrected chi connectivity index (χ4v) is 1.57. The number of aromatic carboxylic acids is 1. The Morgan fingerprint density at radius 2 is 2.10 bits per heavy atom. The van der Waals surface area contributed by atoms with Crippen molar-refractivity contribution in [3.05, 3.63) is 52.0 Å². The maximum atomic E-state index is 11.0. The summed E-state index contributed by atoms with van der Waals surface area (Å²) in [5.41, 5.74) is 0.750. The molecule has 2 rings (SSSR count). The molecule has 0 saturated heterocycles. The second kappa shape index (κ2) is 5.31. The molecule has 8 heteroatoms. The van der Waals surface area contributed by atoms with Crippen molar-refractivity contribution in [2.75, 3.05) is 5.32 Å². The predicted molar refractivity (Wildman–Crippen MR) is 70.1 cm³/mol. The Morgan fingerprint density at radius 3 is 2.70 bits per heavy atom. The molecule has 0 saturated carbocycles. The number of nitrogens with zero attached hydrogens (tertiary/aromatic N) is 3. The Kier molecular flexibility index (Phi) is 3.56. The summed E-state index contributed by atoms with van der Waals surface area (Å²) in [6, 6.07) is 2.70. The smallest absolute Gasteiger partial charge is 0.337 e. The number of pyridine rings is 2. The lowest BCUT2D eigenvalue weighted by atomic mass is 10.2. The number of anilines is 2. The minimum absolute atomic E-state index is 0.0348. The zero-order chi connectivity index (χ0) is 14.7. The molecular formula is C12H10N4O4. The van der Waals surface area contributed by atoms with Gasteiger partial charge in [0.05, 0.1) is 22.4 Å². The first-order valence-corrected chi connectivity index (χ1v) is 5.54. The van der Waals surface area contributed by atoms with Crippen LogP contribution in [0.25, 0.3) is 0 Å². The molecule has 0 aliphatic rings. The van der Waals surface area contributed by atoms with E-state index in [-0.39, 0.29) is 11.4 Å². The summed E-state index contributed by atoms with van der Waals surface area (Å²) in [4.78, 5) is 28.8. The highest BCUT2D eigenvalue weighted by Gasteiger charge is 2.19. The molecule has 0 aliphatic heterocycles. The third kappa shape index (κ3) is 2.86. The summed E-state index contributed by atoms with van der Waals surface area (Å²) in [5.74, 6) is -1.31. The number of hydrogen-bond acceptors (Lipinski definition) is 6. The Bertz CT molecular complexity index is 687. The van der Waals surface area contributed by atoms with E-state index >= 15 is 0 Å². The number of hydrogen-bond donors (Lipinski definition) is 2. The predicted octanol–water partition coefficient (Wildman–Crippen LogP) is 2.14. The molecule has 0 fully saturated rings. The van der Waals surface area contributed by atoms with Crippen molar-refractivity contribution >= 4 is 23.2 Å². The number of rotatable bonds is 4. The van der Waals surface area contributed by atoms with Crippen LogP contribution >= 0.6 is 0 Å². The van der Waals surface area contributed by atoms with E-state index in [1.165, 1.54) is 6.20 Å². The second-order valence-corrected chi connectivity index (χ2v) is 4.03. The van der Waals surface area contributed by atoms with Gasteiger partial charge in [-0.2, -0.15) is 0 Å². The lowest BCUT2D eigenvalue weighted by Crippen LogP contribution is -2.04. The van der Waals surface area contributed by atoms with Crippen LogP contribution in [0.5, 0.6) is 0 Å². The monoisotopic (exact) mass is 274 g/mol. The highest BCUT2D eigenvalue weighted by atomic mass is 16.6. The largest absolute Gasteiger partial charge is 0.478 e. The van der Waals surface area contributed by atoms with Gasteiger partial charge in [0, 0.05) is 18.5 Å². The summed E-state index contributed by atoms with van der Waals surface area (Å²) < 4.78 is 0. The Balaban J connectivity index is 2.41. The highest BCUT2D eigenvalue weighted by Crippen LogP contribution is 2.26. The van der Waals surface area contributed by atoms with Crippen LogP contribution in [0.2, 0.25) is 0 Å². The van der Waals surface area contributed by atoms with Crippen molar-refractivity contribution in [3.63, 3.8) is 0 Å². The Morgan fingerprint density at radius 1 is 1.35 bits per heavy atom. The third-order valence-corrected chi connectivity index (χ3v) is 2.45. The van der Waals surface area contributed by atoms with Gasteiger partial charge in [0.15, 0.2) is 0 Å². The molecule has 0 amide bonds. The molecule has 102 valence electrons. The topological polar surface area (TPSA) is 118 Å². The molecule has 0 unspecified atom stereocenters. The first-order valence-electron chi connectivity index (χ1n) is 5.54. The van der Waals surface area contributed by atoms with Gasteiger partial charge < -0.3 is 10.4 Å². The number of carboxylic acids is 1. The lowest BCUT2D eigenvalue weighted by molar-refractivity contribution is -0.384. The van der Waals surface area contributed by atoms with Crippen molar-refractivity contribution in [3.8, 4) is 0 Å². The van der Waals surface area contributed by atoms with Gasteiger partial charge >= 0.3 is 11.7 Å². The Labute approximate surface area is 113 Å². The minimum Gasteiger partial charge on any atom is -0.478 e. The normalized spacial score (nSPS) is 10.1. The van der Waals surface area contributed by atoms with Gasteiger partial charge in [0.25, 0.3) is 0 Å². The summed E-state index contributed by atoms with van der Waals surface area (Å²) >= 11 is 0. The van der Waals surface area contributed by atoms with Crippen molar-refractivity contribution < 1.29 is 14.8 Å². The zero-order valence-corrected chi connectivity index (χ0v) is 10.4. The minimum atomic E-state index is -1.27. The number of aryl methyl sites for hydroxylation is 1. The first kappa shape index (κ1) is 13.4. The van der Waals surface area contributed by atoms with E-state index in [0.717, 1.165) is 17.8 Å². The quantitative estimate of drug-likeness (QED) is 0.647. The van der Waals surface area contributed by atoms with Crippen molar-refractivity contribution in [2.45, 2.75) is 6.92 Å². The molecule has 2 N–H and O–H groups in total. The number of aromatic nitrogens is 2. The van der Waals surface area contributed by atoms with Gasteiger partial charge in [-0.15, -0.1) is 0 Å². The standard InChI is InChI=1S/C12H10N4O4/c1-7-2-9(6-13-4-7)15-11-10(16(19)20)3-8(5-14-11)12(17)18/h2-6H,1H3,(H,14,15)(H,17,18). The maximum Gasteiger partial charge on any atom is 0.337 e. The SMILES string of the molecule is Cc1cncc(Nc2ncc(C(=O)O)cc2[N+](=O)[O-])c1. The molecule has 0 radical (unpaired) electrons. The molecule has 20 heavy (non-hydrogen) atoms. The van der Waals surface area contributed by atoms with Crippen molar-refractivity contribution in [2.24, 2.45) is 0 Å². The van der Waals surface area contributed by atoms with E-state index in [4.69, 9.17) is 5.11 Å². The van der Waals surface area contributed by atoms with Gasteiger partial charge in [-0.05, 0) is 18.6 Å². The Hall–Kier alpha value is -3.03. The van der Waals surface area contributed by atoms with Crippen LogP contribution in [0.1, 0.15) is 15.9 Å². The van der Waals surface area contributed by atoms with E-state index in [2.05, 4.69) is 15.3 Å². The molecule has 2 heterocycles. The summed E-state index contributed by atoms with van der Waals surface area (Å²) in [6.07, 6.45) is 4.19. The van der Waals surface area contributed by atoms with E-state index < -0.39 is 16.6 Å². The van der Waals surface area contributed by atoms with Crippen LogP contribution < -0.4 is 5.32 Å². The molecule has 2 aromatic rings. The van der Waals surface area contributed by atoms with Gasteiger partial charge in [-0.1, -0.05) is 0 Å². The average molecular weight is 274 g/mol. The molecule has 0 aromatic carbocycles. The molecule has 0 spiro atoms. The fraction of sp³-hybridized carbons (Fsp3) is 0.0833. The summed E-state index contributed by atoms with van der Waals surface area (Å²) in [7, 11) is 0. The highest BCUT2D eigenvalue weighted by molar-refractivity contribution is 5.89. The van der Waals surface area contributed by atoms with Crippen LogP contribution in [0, 0.1) is 17.0 Å². The average Bonchev–Trinajstić information content (AvgIpc) is 2.38. The van der Waals surface area contributed by atoms with E-state index in [9.17, 15) is 14.9 Å². The van der Waals surface area contributed by atoms with E-state index in [1.807, 2.05) is 6.92 Å². The zero-order valence-electron chi connectivity index (χ0n) is 10.4. The molecule has 0 bridgehead atoms. The van der Waals surface area contributed by atoms with Gasteiger partial charge in [0.2, 0.25) is 5.82 Å². The molecule has 0 aliphatic carbocycles. The fourth-order valence-electron chi connectivity index (χ4n) is 1.57. The number of nitrogens with one attached hydrogen (secondary N) is 1. The van der Waals surface area contributed by atoms with Crippen LogP contribution in [-0.4, -0.2) is 26.0 Å². The molecule has 0 atom stereocenters. The first-order chi connectivity index (χ1) is 9.47. The van der Waals surface area contributed by atoms with E-state index in [0.29, 0.717) is 5.69 Å². The van der Waals surface area contributed by atoms with Crippen LogP contribution in [0.15, 0.2) is 30.7 Å². The maximum absolute atomic E-state index is 11.0. The summed E-state index contributed by atoms with van der Waals surface area (Å²) in [5, 5.41) is 22.5. The third-order valence-electron chi connectivity index (χ3n) is 2.45. The van der Waals surface area contributed by atoms with Crippen LogP contribution in [0.3, 0.4) is 0 Å². The molecule has 2 aromatic heterocycles. The van der Waals surface area contributed by atoms with Gasteiger partial charge in [-0.3, -0.25) is 15.1 Å². The number of carboxylic acid groups (broad SMARTS) is 1. The van der Waals surface area contributed by atoms with Crippen molar-refractivity contribution in [1.29, 1.82) is 0 Å². The number of carbonyl (C=O) groups is 1.